The SMILES string of the molecule is CCNC(=O)C1CCN(CC2(CO)COC2)CC1. The summed E-state index contributed by atoms with van der Waals surface area (Å²) in [7, 11) is 0. The summed E-state index contributed by atoms with van der Waals surface area (Å²) in [5.41, 5.74) is -0.0431. The van der Waals surface area contributed by atoms with Crippen molar-refractivity contribution in [3.8, 4) is 0 Å². The summed E-state index contributed by atoms with van der Waals surface area (Å²) in [5.74, 6) is 0.366. The standard InChI is InChI=1S/C13H24N2O3/c1-2-14-12(17)11-3-5-15(6-4-11)7-13(8-16)9-18-10-13/h11,16H,2-10H2,1H3,(H,14,17). The van der Waals surface area contributed by atoms with Crippen LogP contribution in [-0.4, -0.2) is 61.9 Å². The Bertz CT molecular complexity index is 278. The number of amides is 1. The lowest BCUT2D eigenvalue weighted by molar-refractivity contribution is -0.151. The van der Waals surface area contributed by atoms with Gasteiger partial charge in [-0.3, -0.25) is 4.79 Å². The number of ether oxygens (including phenoxy) is 1. The van der Waals surface area contributed by atoms with E-state index in [2.05, 4.69) is 10.2 Å². The molecule has 0 aromatic rings. The van der Waals surface area contributed by atoms with Gasteiger partial charge in [-0.2, -0.15) is 0 Å². The molecule has 0 saturated carbocycles. The van der Waals surface area contributed by atoms with E-state index < -0.39 is 0 Å². The molecule has 2 heterocycles. The number of aliphatic hydroxyl groups excluding tert-OH is 1. The van der Waals surface area contributed by atoms with Gasteiger partial charge in [0.05, 0.1) is 25.2 Å². The molecule has 5 nitrogen and oxygen atoms in total. The molecule has 2 saturated heterocycles. The third-order valence-electron chi connectivity index (χ3n) is 4.02. The second-order valence-electron chi connectivity index (χ2n) is 5.60. The predicted octanol–water partition coefficient (Wildman–Crippen LogP) is -0.157. The first kappa shape index (κ1) is 13.8. The van der Waals surface area contributed by atoms with Crippen molar-refractivity contribution < 1.29 is 14.6 Å². The molecule has 2 aliphatic heterocycles. The van der Waals surface area contributed by atoms with Crippen molar-refractivity contribution in [2.24, 2.45) is 11.3 Å². The van der Waals surface area contributed by atoms with E-state index in [0.717, 1.165) is 32.5 Å². The number of carbonyl (C=O) groups excluding carboxylic acids is 1. The fraction of sp³-hybridized carbons (Fsp3) is 0.923. The largest absolute Gasteiger partial charge is 0.396 e. The van der Waals surface area contributed by atoms with Crippen molar-refractivity contribution >= 4 is 5.91 Å². The second-order valence-corrected chi connectivity index (χ2v) is 5.60. The number of rotatable bonds is 5. The molecule has 2 N–H and O–H groups in total. The van der Waals surface area contributed by atoms with Crippen LogP contribution in [0.4, 0.5) is 0 Å². The fourth-order valence-corrected chi connectivity index (χ4v) is 2.77. The smallest absolute Gasteiger partial charge is 0.223 e. The maximum absolute atomic E-state index is 11.7. The summed E-state index contributed by atoms with van der Waals surface area (Å²) in [5, 5.41) is 12.3. The first-order valence-corrected chi connectivity index (χ1v) is 6.88. The van der Waals surface area contributed by atoms with E-state index in [1.54, 1.807) is 0 Å². The Morgan fingerprint density at radius 2 is 2.11 bits per heavy atom. The highest BCUT2D eigenvalue weighted by Gasteiger charge is 2.40. The van der Waals surface area contributed by atoms with Gasteiger partial charge in [0.2, 0.25) is 5.91 Å². The number of hydrogen-bond acceptors (Lipinski definition) is 4. The quantitative estimate of drug-likeness (QED) is 0.718. The van der Waals surface area contributed by atoms with Crippen molar-refractivity contribution in [2.45, 2.75) is 19.8 Å². The number of likely N-dealkylation sites (tertiary alicyclic amines) is 1. The van der Waals surface area contributed by atoms with Gasteiger partial charge in [-0.05, 0) is 32.9 Å². The summed E-state index contributed by atoms with van der Waals surface area (Å²) >= 11 is 0. The minimum absolute atomic E-state index is 0.0431. The Morgan fingerprint density at radius 3 is 2.56 bits per heavy atom. The summed E-state index contributed by atoms with van der Waals surface area (Å²) in [4.78, 5) is 14.1. The minimum Gasteiger partial charge on any atom is -0.396 e. The molecule has 0 aliphatic carbocycles. The normalized spacial score (nSPS) is 24.6. The van der Waals surface area contributed by atoms with Gasteiger partial charge in [0.1, 0.15) is 0 Å². The van der Waals surface area contributed by atoms with Gasteiger partial charge in [-0.1, -0.05) is 0 Å². The number of aliphatic hydroxyl groups is 1. The maximum Gasteiger partial charge on any atom is 0.223 e. The van der Waals surface area contributed by atoms with Crippen LogP contribution < -0.4 is 5.32 Å². The molecule has 0 aromatic carbocycles. The van der Waals surface area contributed by atoms with Crippen molar-refractivity contribution in [1.82, 2.24) is 10.2 Å². The average Bonchev–Trinajstić information content (AvgIpc) is 2.35. The van der Waals surface area contributed by atoms with E-state index in [0.29, 0.717) is 19.8 Å². The number of carbonyl (C=O) groups is 1. The summed E-state index contributed by atoms with van der Waals surface area (Å²) in [6, 6.07) is 0. The second kappa shape index (κ2) is 5.99. The molecular weight excluding hydrogens is 232 g/mol. The van der Waals surface area contributed by atoms with Gasteiger partial charge in [0, 0.05) is 19.0 Å². The van der Waals surface area contributed by atoms with Crippen LogP contribution in [0.3, 0.4) is 0 Å². The molecule has 1 amide bonds. The van der Waals surface area contributed by atoms with Crippen LogP contribution in [0.2, 0.25) is 0 Å². The summed E-state index contributed by atoms with van der Waals surface area (Å²) in [6.45, 7) is 6.99. The molecule has 18 heavy (non-hydrogen) atoms. The Kier molecular flexibility index (Phi) is 4.59. The third kappa shape index (κ3) is 3.02. The summed E-state index contributed by atoms with van der Waals surface area (Å²) in [6.07, 6.45) is 1.85. The van der Waals surface area contributed by atoms with E-state index in [1.807, 2.05) is 6.92 Å². The molecule has 0 atom stereocenters. The maximum atomic E-state index is 11.7. The van der Waals surface area contributed by atoms with Gasteiger partial charge in [0.15, 0.2) is 0 Å². The van der Waals surface area contributed by atoms with Gasteiger partial charge in [-0.15, -0.1) is 0 Å². The molecule has 2 rings (SSSR count). The molecule has 2 fully saturated rings. The van der Waals surface area contributed by atoms with Crippen LogP contribution in [0, 0.1) is 11.3 Å². The Labute approximate surface area is 108 Å². The highest BCUT2D eigenvalue weighted by Crippen LogP contribution is 2.29. The highest BCUT2D eigenvalue weighted by molar-refractivity contribution is 5.78. The van der Waals surface area contributed by atoms with Gasteiger partial charge in [-0.25, -0.2) is 0 Å². The molecule has 0 bridgehead atoms. The van der Waals surface area contributed by atoms with Crippen LogP contribution in [0.25, 0.3) is 0 Å². The predicted molar refractivity (Wildman–Crippen MR) is 68.2 cm³/mol. The number of nitrogens with zero attached hydrogens (tertiary/aromatic N) is 1. The molecule has 0 radical (unpaired) electrons. The number of piperidine rings is 1. The van der Waals surface area contributed by atoms with Gasteiger partial charge >= 0.3 is 0 Å². The molecule has 2 aliphatic rings. The fourth-order valence-electron chi connectivity index (χ4n) is 2.77. The van der Waals surface area contributed by atoms with Gasteiger partial charge < -0.3 is 20.1 Å². The highest BCUT2D eigenvalue weighted by atomic mass is 16.5. The molecule has 0 aromatic heterocycles. The van der Waals surface area contributed by atoms with Crippen molar-refractivity contribution in [3.05, 3.63) is 0 Å². The topological polar surface area (TPSA) is 61.8 Å². The Morgan fingerprint density at radius 1 is 1.44 bits per heavy atom. The van der Waals surface area contributed by atoms with Crippen molar-refractivity contribution in [3.63, 3.8) is 0 Å². The van der Waals surface area contributed by atoms with Crippen LogP contribution in [-0.2, 0) is 9.53 Å². The van der Waals surface area contributed by atoms with E-state index >= 15 is 0 Å². The minimum atomic E-state index is -0.0431. The zero-order valence-corrected chi connectivity index (χ0v) is 11.2. The van der Waals surface area contributed by atoms with Crippen LogP contribution >= 0.6 is 0 Å². The zero-order chi connectivity index (χ0) is 13.0. The molecule has 104 valence electrons. The van der Waals surface area contributed by atoms with Crippen LogP contribution in [0.5, 0.6) is 0 Å². The van der Waals surface area contributed by atoms with Crippen molar-refractivity contribution in [2.75, 3.05) is 46.0 Å². The lowest BCUT2D eigenvalue weighted by atomic mass is 9.85. The third-order valence-corrected chi connectivity index (χ3v) is 4.02. The van der Waals surface area contributed by atoms with Crippen LogP contribution in [0.1, 0.15) is 19.8 Å². The molecule has 0 unspecified atom stereocenters. The van der Waals surface area contributed by atoms with E-state index in [-0.39, 0.29) is 23.8 Å². The molecular formula is C13H24N2O3. The van der Waals surface area contributed by atoms with E-state index in [9.17, 15) is 9.90 Å². The van der Waals surface area contributed by atoms with Crippen molar-refractivity contribution in [1.29, 1.82) is 0 Å². The lowest BCUT2D eigenvalue weighted by Gasteiger charge is -2.44. The van der Waals surface area contributed by atoms with Gasteiger partial charge in [0.25, 0.3) is 0 Å². The monoisotopic (exact) mass is 256 g/mol. The number of nitrogens with one attached hydrogen (secondary N) is 1. The Hall–Kier alpha value is -0.650. The van der Waals surface area contributed by atoms with Crippen LogP contribution in [0.15, 0.2) is 0 Å². The van der Waals surface area contributed by atoms with E-state index in [1.165, 1.54) is 0 Å². The average molecular weight is 256 g/mol. The first-order valence-electron chi connectivity index (χ1n) is 6.88. The zero-order valence-electron chi connectivity index (χ0n) is 11.2. The number of hydrogen-bond donors (Lipinski definition) is 2. The molecule has 0 spiro atoms. The Balaban J connectivity index is 1.75. The molecule has 5 heteroatoms. The lowest BCUT2D eigenvalue weighted by Crippen LogP contribution is -2.54. The first-order chi connectivity index (χ1) is 8.69. The van der Waals surface area contributed by atoms with E-state index in [4.69, 9.17) is 4.74 Å². The summed E-state index contributed by atoms with van der Waals surface area (Å²) < 4.78 is 5.21.